The minimum atomic E-state index is -3.93. The summed E-state index contributed by atoms with van der Waals surface area (Å²) in [5, 5.41) is 0. The largest absolute Gasteiger partial charge is 0.490 e. The minimum Gasteiger partial charge on any atom is -0.490 e. The lowest BCUT2D eigenvalue weighted by Crippen LogP contribution is -2.31. The molecule has 0 aliphatic heterocycles. The number of hydrogen-bond acceptors (Lipinski definition) is 5. The molecule has 0 saturated heterocycles. The summed E-state index contributed by atoms with van der Waals surface area (Å²) in [5.74, 6) is -1.35. The van der Waals surface area contributed by atoms with E-state index in [-0.39, 0.29) is 18.1 Å². The number of halogens is 2. The summed E-state index contributed by atoms with van der Waals surface area (Å²) >= 11 is 0. The van der Waals surface area contributed by atoms with E-state index in [1.54, 1.807) is 0 Å². The molecule has 0 aromatic heterocycles. The van der Waals surface area contributed by atoms with Gasteiger partial charge in [0.2, 0.25) is 10.0 Å². The van der Waals surface area contributed by atoms with Crippen LogP contribution in [0.4, 0.5) is 8.78 Å². The number of ether oxygens (including phenoxy) is 2. The van der Waals surface area contributed by atoms with Gasteiger partial charge in [0, 0.05) is 0 Å². The topological polar surface area (TPSA) is 81.7 Å². The molecule has 0 heterocycles. The Bertz CT molecular complexity index is 807. The first-order valence-corrected chi connectivity index (χ1v) is 8.64. The second-order valence-corrected chi connectivity index (χ2v) is 6.57. The zero-order valence-electron chi connectivity index (χ0n) is 12.9. The van der Waals surface area contributed by atoms with Gasteiger partial charge in [-0.05, 0) is 48.5 Å². The average molecular weight is 371 g/mol. The molecule has 0 aliphatic rings. The van der Waals surface area contributed by atoms with Crippen LogP contribution in [0.1, 0.15) is 0 Å². The zero-order valence-corrected chi connectivity index (χ0v) is 13.8. The molecule has 6 nitrogen and oxygen atoms in total. The van der Waals surface area contributed by atoms with Crippen molar-refractivity contribution in [1.29, 1.82) is 0 Å². The van der Waals surface area contributed by atoms with Gasteiger partial charge in [0.15, 0.2) is 0 Å². The lowest BCUT2D eigenvalue weighted by Gasteiger charge is -2.09. The van der Waals surface area contributed by atoms with Crippen LogP contribution in [0.15, 0.2) is 53.4 Å². The molecule has 0 amide bonds. The Morgan fingerprint density at radius 1 is 0.920 bits per heavy atom. The minimum absolute atomic E-state index is 0.0298. The van der Waals surface area contributed by atoms with Crippen LogP contribution in [0.3, 0.4) is 0 Å². The van der Waals surface area contributed by atoms with Crippen molar-refractivity contribution in [3.63, 3.8) is 0 Å². The molecule has 0 unspecified atom stereocenters. The highest BCUT2D eigenvalue weighted by molar-refractivity contribution is 7.89. The highest BCUT2D eigenvalue weighted by Crippen LogP contribution is 2.11. The third kappa shape index (κ3) is 6.12. The molecule has 0 spiro atoms. The van der Waals surface area contributed by atoms with Crippen molar-refractivity contribution in [2.75, 3.05) is 19.8 Å². The fourth-order valence-electron chi connectivity index (χ4n) is 1.75. The second kappa shape index (κ2) is 8.54. The first-order chi connectivity index (χ1) is 11.9. The van der Waals surface area contributed by atoms with Gasteiger partial charge in [-0.2, -0.15) is 4.72 Å². The van der Waals surface area contributed by atoms with Crippen LogP contribution >= 0.6 is 0 Å². The lowest BCUT2D eigenvalue weighted by atomic mass is 10.3. The standard InChI is InChI=1S/C16H15F2NO5S/c17-12-1-5-14(6-2-12)23-9-10-24-16(20)11-19-25(21,22)15-7-3-13(18)4-8-15/h1-8,19H,9-11H2. The van der Waals surface area contributed by atoms with Crippen molar-refractivity contribution in [2.45, 2.75) is 4.90 Å². The van der Waals surface area contributed by atoms with Gasteiger partial charge < -0.3 is 9.47 Å². The SMILES string of the molecule is O=C(CNS(=O)(=O)c1ccc(F)cc1)OCCOc1ccc(F)cc1. The smallest absolute Gasteiger partial charge is 0.321 e. The van der Waals surface area contributed by atoms with Crippen LogP contribution in [-0.4, -0.2) is 34.1 Å². The Hall–Kier alpha value is -2.52. The maximum Gasteiger partial charge on any atom is 0.321 e. The Morgan fingerprint density at radius 3 is 2.08 bits per heavy atom. The van der Waals surface area contributed by atoms with Crippen molar-refractivity contribution in [2.24, 2.45) is 0 Å². The van der Waals surface area contributed by atoms with E-state index in [9.17, 15) is 22.0 Å². The Kier molecular flexibility index (Phi) is 6.43. The molecular weight excluding hydrogens is 356 g/mol. The van der Waals surface area contributed by atoms with Crippen LogP contribution in [-0.2, 0) is 19.6 Å². The average Bonchev–Trinajstić information content (AvgIpc) is 2.59. The van der Waals surface area contributed by atoms with Crippen molar-refractivity contribution < 1.29 is 31.5 Å². The van der Waals surface area contributed by atoms with Crippen LogP contribution in [0.2, 0.25) is 0 Å². The number of carbonyl (C=O) groups excluding carboxylic acids is 1. The Morgan fingerprint density at radius 2 is 1.48 bits per heavy atom. The summed E-state index contributed by atoms with van der Waals surface area (Å²) in [7, 11) is -3.93. The molecular formula is C16H15F2NO5S. The number of nitrogens with one attached hydrogen (secondary N) is 1. The predicted octanol–water partition coefficient (Wildman–Crippen LogP) is 1.87. The normalized spacial score (nSPS) is 11.1. The molecule has 0 saturated carbocycles. The second-order valence-electron chi connectivity index (χ2n) is 4.80. The van der Waals surface area contributed by atoms with E-state index in [2.05, 4.69) is 4.72 Å². The fraction of sp³-hybridized carbons (Fsp3) is 0.188. The van der Waals surface area contributed by atoms with Crippen molar-refractivity contribution in [3.05, 3.63) is 60.2 Å². The third-order valence-corrected chi connectivity index (χ3v) is 4.38. The maximum absolute atomic E-state index is 12.8. The number of esters is 1. The van der Waals surface area contributed by atoms with E-state index in [4.69, 9.17) is 9.47 Å². The van der Waals surface area contributed by atoms with Crippen LogP contribution in [0.25, 0.3) is 0 Å². The van der Waals surface area contributed by atoms with E-state index in [1.807, 2.05) is 0 Å². The van der Waals surface area contributed by atoms with Crippen LogP contribution < -0.4 is 9.46 Å². The van der Waals surface area contributed by atoms with Gasteiger partial charge in [-0.1, -0.05) is 0 Å². The first kappa shape index (κ1) is 18.8. The molecule has 134 valence electrons. The van der Waals surface area contributed by atoms with E-state index >= 15 is 0 Å². The van der Waals surface area contributed by atoms with E-state index < -0.39 is 34.2 Å². The van der Waals surface area contributed by atoms with Crippen molar-refractivity contribution >= 4 is 16.0 Å². The molecule has 0 aliphatic carbocycles. The van der Waals surface area contributed by atoms with Gasteiger partial charge in [-0.25, -0.2) is 17.2 Å². The summed E-state index contributed by atoms with van der Waals surface area (Å²) in [6.07, 6.45) is 0. The fourth-order valence-corrected chi connectivity index (χ4v) is 2.72. The number of hydrogen-bond donors (Lipinski definition) is 1. The number of benzene rings is 2. The predicted molar refractivity (Wildman–Crippen MR) is 84.4 cm³/mol. The molecule has 0 bridgehead atoms. The third-order valence-electron chi connectivity index (χ3n) is 2.96. The summed E-state index contributed by atoms with van der Waals surface area (Å²) in [4.78, 5) is 11.4. The molecule has 1 N–H and O–H groups in total. The van der Waals surface area contributed by atoms with Crippen LogP contribution in [0.5, 0.6) is 5.75 Å². The highest BCUT2D eigenvalue weighted by atomic mass is 32.2. The molecule has 25 heavy (non-hydrogen) atoms. The monoisotopic (exact) mass is 371 g/mol. The molecule has 2 aromatic rings. The van der Waals surface area contributed by atoms with Gasteiger partial charge >= 0.3 is 5.97 Å². The summed E-state index contributed by atoms with van der Waals surface area (Å²) in [6.45, 7) is -0.646. The zero-order chi connectivity index (χ0) is 18.3. The Labute approximate surface area is 143 Å². The summed E-state index contributed by atoms with van der Waals surface area (Å²) in [6, 6.07) is 9.47. The van der Waals surface area contributed by atoms with Crippen molar-refractivity contribution in [1.82, 2.24) is 4.72 Å². The quantitative estimate of drug-likeness (QED) is 0.566. The molecule has 0 fully saturated rings. The van der Waals surface area contributed by atoms with E-state index in [0.717, 1.165) is 24.3 Å². The van der Waals surface area contributed by atoms with Gasteiger partial charge in [0.1, 0.15) is 37.1 Å². The number of sulfonamides is 1. The molecule has 0 radical (unpaired) electrons. The molecule has 0 atom stereocenters. The molecule has 9 heteroatoms. The Balaban J connectivity index is 1.71. The number of carbonyl (C=O) groups is 1. The summed E-state index contributed by atoms with van der Waals surface area (Å²) in [5.41, 5.74) is 0. The first-order valence-electron chi connectivity index (χ1n) is 7.16. The van der Waals surface area contributed by atoms with Gasteiger partial charge in [0.05, 0.1) is 4.90 Å². The maximum atomic E-state index is 12.8. The molecule has 2 aromatic carbocycles. The van der Waals surface area contributed by atoms with Gasteiger partial charge in [-0.15, -0.1) is 0 Å². The van der Waals surface area contributed by atoms with Crippen molar-refractivity contribution in [3.8, 4) is 5.75 Å². The van der Waals surface area contributed by atoms with Crippen LogP contribution in [0, 0.1) is 11.6 Å². The highest BCUT2D eigenvalue weighted by Gasteiger charge is 2.16. The van der Waals surface area contributed by atoms with E-state index in [1.165, 1.54) is 24.3 Å². The van der Waals surface area contributed by atoms with Gasteiger partial charge in [-0.3, -0.25) is 4.79 Å². The summed E-state index contributed by atoms with van der Waals surface area (Å²) < 4.78 is 61.4. The van der Waals surface area contributed by atoms with Gasteiger partial charge in [0.25, 0.3) is 0 Å². The number of rotatable bonds is 8. The van der Waals surface area contributed by atoms with E-state index in [0.29, 0.717) is 5.75 Å². The lowest BCUT2D eigenvalue weighted by molar-refractivity contribution is -0.142. The molecule has 2 rings (SSSR count).